The molecule has 3 nitrogen and oxygen atoms in total. The number of ether oxygens (including phenoxy) is 2. The maximum atomic E-state index is 10.5. The average Bonchev–Trinajstić information content (AvgIpc) is 2.47. The smallest absolute Gasteiger partial charge is 0.124 e. The summed E-state index contributed by atoms with van der Waals surface area (Å²) in [4.78, 5) is 0. The van der Waals surface area contributed by atoms with Crippen LogP contribution in [0.3, 0.4) is 0 Å². The Morgan fingerprint density at radius 3 is 2.43 bits per heavy atom. The van der Waals surface area contributed by atoms with Crippen molar-refractivity contribution in [3.63, 3.8) is 0 Å². The Bertz CT molecular complexity index is 631. The largest absolute Gasteiger partial charge is 0.496 e. The molecule has 1 atom stereocenters. The van der Waals surface area contributed by atoms with E-state index in [-0.39, 0.29) is 0 Å². The van der Waals surface area contributed by atoms with Crippen LogP contribution in [0.25, 0.3) is 0 Å². The SMILES string of the molecule is COc1ccc(Br)cc1CC(O)c1cc(Cl)ccc1OC. The van der Waals surface area contributed by atoms with Crippen LogP contribution in [0.5, 0.6) is 11.5 Å². The molecular weight excluding hydrogens is 356 g/mol. The van der Waals surface area contributed by atoms with Crippen LogP contribution >= 0.6 is 27.5 Å². The third-order valence-corrected chi connectivity index (χ3v) is 3.93. The first-order valence-corrected chi connectivity index (χ1v) is 7.56. The molecule has 2 aromatic rings. The average molecular weight is 372 g/mol. The van der Waals surface area contributed by atoms with Gasteiger partial charge in [-0.3, -0.25) is 0 Å². The summed E-state index contributed by atoms with van der Waals surface area (Å²) in [5.41, 5.74) is 1.56. The molecule has 0 heterocycles. The fourth-order valence-corrected chi connectivity index (χ4v) is 2.78. The monoisotopic (exact) mass is 370 g/mol. The topological polar surface area (TPSA) is 38.7 Å². The van der Waals surface area contributed by atoms with Gasteiger partial charge in [0.1, 0.15) is 11.5 Å². The molecule has 2 aromatic carbocycles. The number of rotatable bonds is 5. The number of methoxy groups -OCH3 is 2. The van der Waals surface area contributed by atoms with Crippen molar-refractivity contribution >= 4 is 27.5 Å². The molecule has 0 aliphatic carbocycles. The van der Waals surface area contributed by atoms with E-state index in [1.807, 2.05) is 18.2 Å². The van der Waals surface area contributed by atoms with Gasteiger partial charge in [-0.15, -0.1) is 0 Å². The number of benzene rings is 2. The molecule has 0 amide bonds. The maximum absolute atomic E-state index is 10.5. The van der Waals surface area contributed by atoms with Crippen LogP contribution in [0.1, 0.15) is 17.2 Å². The first kappa shape index (κ1) is 16.1. The number of hydrogen-bond acceptors (Lipinski definition) is 3. The van der Waals surface area contributed by atoms with Crippen LogP contribution in [0, 0.1) is 0 Å². The lowest BCUT2D eigenvalue weighted by Crippen LogP contribution is -2.05. The molecule has 0 aliphatic rings. The first-order valence-electron chi connectivity index (χ1n) is 6.39. The van der Waals surface area contributed by atoms with E-state index < -0.39 is 6.10 Å². The lowest BCUT2D eigenvalue weighted by Gasteiger charge is -2.17. The Balaban J connectivity index is 2.31. The maximum Gasteiger partial charge on any atom is 0.124 e. The molecule has 0 saturated carbocycles. The summed E-state index contributed by atoms with van der Waals surface area (Å²) >= 11 is 9.43. The third kappa shape index (κ3) is 3.90. The van der Waals surface area contributed by atoms with Crippen molar-refractivity contribution in [3.05, 3.63) is 57.0 Å². The van der Waals surface area contributed by atoms with Gasteiger partial charge >= 0.3 is 0 Å². The Hall–Kier alpha value is -1.23. The first-order chi connectivity index (χ1) is 10.0. The minimum atomic E-state index is -0.734. The van der Waals surface area contributed by atoms with E-state index >= 15 is 0 Å². The summed E-state index contributed by atoms with van der Waals surface area (Å²) < 4.78 is 11.5. The van der Waals surface area contributed by atoms with E-state index in [0.717, 1.165) is 15.8 Å². The standard InChI is InChI=1S/C16H16BrClO3/c1-20-15-5-3-11(17)7-10(15)8-14(19)13-9-12(18)4-6-16(13)21-2/h3-7,9,14,19H,8H2,1-2H3. The van der Waals surface area contributed by atoms with E-state index in [1.54, 1.807) is 32.4 Å². The van der Waals surface area contributed by atoms with Crippen LogP contribution in [0.15, 0.2) is 40.9 Å². The lowest BCUT2D eigenvalue weighted by atomic mass is 10.00. The Morgan fingerprint density at radius 1 is 1.10 bits per heavy atom. The number of aliphatic hydroxyl groups is 1. The van der Waals surface area contributed by atoms with Gasteiger partial charge in [-0.05, 0) is 42.0 Å². The molecule has 0 aromatic heterocycles. The van der Waals surface area contributed by atoms with Gasteiger partial charge < -0.3 is 14.6 Å². The fourth-order valence-electron chi connectivity index (χ4n) is 2.19. The predicted molar refractivity (Wildman–Crippen MR) is 87.4 cm³/mol. The van der Waals surface area contributed by atoms with Crippen LogP contribution in [0.4, 0.5) is 0 Å². The molecule has 0 radical (unpaired) electrons. The summed E-state index contributed by atoms with van der Waals surface area (Å²) in [5.74, 6) is 1.35. The van der Waals surface area contributed by atoms with E-state index in [0.29, 0.717) is 22.8 Å². The van der Waals surface area contributed by atoms with E-state index in [2.05, 4.69) is 15.9 Å². The van der Waals surface area contributed by atoms with E-state index in [4.69, 9.17) is 21.1 Å². The molecule has 21 heavy (non-hydrogen) atoms. The fraction of sp³-hybridized carbons (Fsp3) is 0.250. The highest BCUT2D eigenvalue weighted by Gasteiger charge is 2.17. The number of halogens is 2. The molecule has 0 aliphatic heterocycles. The molecule has 1 N–H and O–H groups in total. The van der Waals surface area contributed by atoms with E-state index in [9.17, 15) is 5.11 Å². The molecule has 1 unspecified atom stereocenters. The van der Waals surface area contributed by atoms with Crippen molar-refractivity contribution in [3.8, 4) is 11.5 Å². The summed E-state index contributed by atoms with van der Waals surface area (Å²) in [6, 6.07) is 10.9. The Morgan fingerprint density at radius 2 is 1.76 bits per heavy atom. The highest BCUT2D eigenvalue weighted by atomic mass is 79.9. The van der Waals surface area contributed by atoms with Gasteiger partial charge in [0.2, 0.25) is 0 Å². The molecule has 0 spiro atoms. The molecule has 2 rings (SSSR count). The lowest BCUT2D eigenvalue weighted by molar-refractivity contribution is 0.173. The minimum Gasteiger partial charge on any atom is -0.496 e. The number of aliphatic hydroxyl groups excluding tert-OH is 1. The van der Waals surface area contributed by atoms with Crippen molar-refractivity contribution in [2.24, 2.45) is 0 Å². The molecule has 112 valence electrons. The molecule has 0 bridgehead atoms. The van der Waals surface area contributed by atoms with Gasteiger partial charge in [0.25, 0.3) is 0 Å². The van der Waals surface area contributed by atoms with Gasteiger partial charge in [-0.25, -0.2) is 0 Å². The highest BCUT2D eigenvalue weighted by Crippen LogP contribution is 2.33. The molecule has 0 fully saturated rings. The third-order valence-electron chi connectivity index (χ3n) is 3.21. The summed E-state index contributed by atoms with van der Waals surface area (Å²) in [6.07, 6.45) is -0.332. The molecular formula is C16H16BrClO3. The van der Waals surface area contributed by atoms with Gasteiger partial charge in [-0.2, -0.15) is 0 Å². The van der Waals surface area contributed by atoms with E-state index in [1.165, 1.54) is 0 Å². The van der Waals surface area contributed by atoms with Crippen LogP contribution in [-0.4, -0.2) is 19.3 Å². The normalized spacial score (nSPS) is 12.0. The molecule has 5 heteroatoms. The van der Waals surface area contributed by atoms with Crippen molar-refractivity contribution in [1.82, 2.24) is 0 Å². The zero-order valence-corrected chi connectivity index (χ0v) is 14.1. The molecule has 0 saturated heterocycles. The second-order valence-corrected chi connectivity index (χ2v) is 5.91. The summed E-state index contributed by atoms with van der Waals surface area (Å²) in [6.45, 7) is 0. The predicted octanol–water partition coefficient (Wildman–Crippen LogP) is 4.40. The van der Waals surface area contributed by atoms with Gasteiger partial charge in [0.15, 0.2) is 0 Å². The number of hydrogen-bond donors (Lipinski definition) is 1. The van der Waals surface area contributed by atoms with Crippen molar-refractivity contribution in [1.29, 1.82) is 0 Å². The zero-order chi connectivity index (χ0) is 15.4. The quantitative estimate of drug-likeness (QED) is 0.847. The van der Waals surface area contributed by atoms with Crippen LogP contribution in [0.2, 0.25) is 5.02 Å². The van der Waals surface area contributed by atoms with Gasteiger partial charge in [0.05, 0.1) is 20.3 Å². The second kappa shape index (κ2) is 7.16. The highest BCUT2D eigenvalue weighted by molar-refractivity contribution is 9.10. The zero-order valence-electron chi connectivity index (χ0n) is 11.8. The summed E-state index contributed by atoms with van der Waals surface area (Å²) in [5, 5.41) is 11.1. The van der Waals surface area contributed by atoms with Crippen molar-refractivity contribution in [2.75, 3.05) is 14.2 Å². The summed E-state index contributed by atoms with van der Waals surface area (Å²) in [7, 11) is 3.18. The second-order valence-electron chi connectivity index (χ2n) is 4.56. The Labute approximate surface area is 137 Å². The van der Waals surface area contributed by atoms with Crippen LogP contribution < -0.4 is 9.47 Å². The van der Waals surface area contributed by atoms with Gasteiger partial charge in [-0.1, -0.05) is 27.5 Å². The van der Waals surface area contributed by atoms with Crippen molar-refractivity contribution < 1.29 is 14.6 Å². The van der Waals surface area contributed by atoms with Crippen molar-refractivity contribution in [2.45, 2.75) is 12.5 Å². The Kier molecular flexibility index (Phi) is 5.51. The van der Waals surface area contributed by atoms with Gasteiger partial charge in [0, 0.05) is 21.5 Å². The van der Waals surface area contributed by atoms with Crippen LogP contribution in [-0.2, 0) is 6.42 Å². The minimum absolute atomic E-state index is 0.402.